The van der Waals surface area contributed by atoms with Crippen molar-refractivity contribution < 1.29 is 4.79 Å². The van der Waals surface area contributed by atoms with Crippen molar-refractivity contribution in [1.29, 1.82) is 0 Å². The van der Waals surface area contributed by atoms with Gasteiger partial charge in [-0.15, -0.1) is 11.3 Å². The van der Waals surface area contributed by atoms with E-state index < -0.39 is 0 Å². The first kappa shape index (κ1) is 16.5. The lowest BCUT2D eigenvalue weighted by Gasteiger charge is -2.06. The molecule has 0 aliphatic carbocycles. The Bertz CT molecular complexity index is 884. The Morgan fingerprint density at radius 1 is 1.08 bits per heavy atom. The molecule has 1 N–H and O–H groups in total. The number of halogens is 1. The van der Waals surface area contributed by atoms with Crippen LogP contribution in [-0.4, -0.2) is 5.91 Å². The van der Waals surface area contributed by atoms with Gasteiger partial charge < -0.3 is 5.32 Å². The maximum absolute atomic E-state index is 12.1. The molecule has 0 radical (unpaired) electrons. The molecule has 0 fully saturated rings. The number of anilines is 1. The molecule has 1 aromatic heterocycles. The maximum atomic E-state index is 12.1. The standard InChI is InChI=1S/C20H16ClNOS/c1-14-7-8-16(21)13-18(14)22-20(23)12-10-17-9-11-19(24-17)15-5-3-2-4-6-15/h2-13H,1H3,(H,22,23)/b12-10+. The lowest BCUT2D eigenvalue weighted by atomic mass is 10.2. The largest absolute Gasteiger partial charge is 0.322 e. The van der Waals surface area contributed by atoms with E-state index in [2.05, 4.69) is 23.5 Å². The zero-order chi connectivity index (χ0) is 16.9. The van der Waals surface area contributed by atoms with Crippen molar-refractivity contribution in [3.63, 3.8) is 0 Å². The Morgan fingerprint density at radius 3 is 2.67 bits per heavy atom. The normalized spacial score (nSPS) is 10.9. The molecule has 0 atom stereocenters. The minimum atomic E-state index is -0.171. The molecular formula is C20H16ClNOS. The molecule has 3 rings (SSSR count). The van der Waals surface area contributed by atoms with Crippen LogP contribution in [0.4, 0.5) is 5.69 Å². The topological polar surface area (TPSA) is 29.1 Å². The quantitative estimate of drug-likeness (QED) is 0.570. The molecule has 1 heterocycles. The van der Waals surface area contributed by atoms with Crippen molar-refractivity contribution in [2.45, 2.75) is 6.92 Å². The number of hydrogen-bond donors (Lipinski definition) is 1. The fraction of sp³-hybridized carbons (Fsp3) is 0.0500. The molecule has 0 saturated carbocycles. The molecule has 3 aromatic rings. The van der Waals surface area contributed by atoms with Crippen LogP contribution >= 0.6 is 22.9 Å². The highest BCUT2D eigenvalue weighted by atomic mass is 35.5. The van der Waals surface area contributed by atoms with Crippen LogP contribution in [0.3, 0.4) is 0 Å². The van der Waals surface area contributed by atoms with Gasteiger partial charge in [0.2, 0.25) is 5.91 Å². The summed E-state index contributed by atoms with van der Waals surface area (Å²) >= 11 is 7.62. The van der Waals surface area contributed by atoms with Crippen LogP contribution in [0.1, 0.15) is 10.4 Å². The number of thiophene rings is 1. The van der Waals surface area contributed by atoms with Gasteiger partial charge in [-0.3, -0.25) is 4.79 Å². The first-order valence-corrected chi connectivity index (χ1v) is 8.72. The highest BCUT2D eigenvalue weighted by Gasteiger charge is 2.04. The number of aryl methyl sites for hydroxylation is 1. The molecule has 0 spiro atoms. The smallest absolute Gasteiger partial charge is 0.248 e. The van der Waals surface area contributed by atoms with Crippen molar-refractivity contribution in [1.82, 2.24) is 0 Å². The fourth-order valence-electron chi connectivity index (χ4n) is 2.26. The molecule has 0 bridgehead atoms. The van der Waals surface area contributed by atoms with E-state index in [4.69, 9.17) is 11.6 Å². The van der Waals surface area contributed by atoms with Gasteiger partial charge in [0.15, 0.2) is 0 Å². The van der Waals surface area contributed by atoms with Gasteiger partial charge in [-0.1, -0.05) is 48.0 Å². The van der Waals surface area contributed by atoms with E-state index in [1.807, 2.05) is 43.3 Å². The summed E-state index contributed by atoms with van der Waals surface area (Å²) in [6.45, 7) is 1.93. The third-order valence-corrected chi connectivity index (χ3v) is 4.88. The van der Waals surface area contributed by atoms with Gasteiger partial charge in [-0.2, -0.15) is 0 Å². The van der Waals surface area contributed by atoms with Crippen molar-refractivity contribution in [2.24, 2.45) is 0 Å². The first-order chi connectivity index (χ1) is 11.6. The molecule has 0 unspecified atom stereocenters. The second kappa shape index (κ2) is 7.47. The highest BCUT2D eigenvalue weighted by Crippen LogP contribution is 2.28. The number of carbonyl (C=O) groups excluding carboxylic acids is 1. The van der Waals surface area contributed by atoms with E-state index in [9.17, 15) is 4.79 Å². The summed E-state index contributed by atoms with van der Waals surface area (Å²) < 4.78 is 0. The monoisotopic (exact) mass is 353 g/mol. The molecule has 4 heteroatoms. The lowest BCUT2D eigenvalue weighted by molar-refractivity contribution is -0.111. The molecular weight excluding hydrogens is 338 g/mol. The van der Waals surface area contributed by atoms with Crippen molar-refractivity contribution >= 4 is 40.6 Å². The summed E-state index contributed by atoms with van der Waals surface area (Å²) in [5, 5.41) is 3.46. The maximum Gasteiger partial charge on any atom is 0.248 e. The summed E-state index contributed by atoms with van der Waals surface area (Å²) in [6, 6.07) is 19.7. The Balaban J connectivity index is 1.69. The van der Waals surface area contributed by atoms with Crippen molar-refractivity contribution in [3.05, 3.63) is 82.2 Å². The van der Waals surface area contributed by atoms with Crippen LogP contribution in [0, 0.1) is 6.92 Å². The fourth-order valence-corrected chi connectivity index (χ4v) is 3.35. The van der Waals surface area contributed by atoms with Crippen LogP contribution in [0.15, 0.2) is 66.7 Å². The van der Waals surface area contributed by atoms with Gasteiger partial charge >= 0.3 is 0 Å². The third-order valence-electron chi connectivity index (χ3n) is 3.54. The molecule has 24 heavy (non-hydrogen) atoms. The van der Waals surface area contributed by atoms with E-state index in [0.717, 1.165) is 16.1 Å². The highest BCUT2D eigenvalue weighted by molar-refractivity contribution is 7.16. The van der Waals surface area contributed by atoms with Crippen LogP contribution in [0.5, 0.6) is 0 Å². The Kier molecular flexibility index (Phi) is 5.14. The average Bonchev–Trinajstić information content (AvgIpc) is 3.06. The van der Waals surface area contributed by atoms with E-state index in [-0.39, 0.29) is 5.91 Å². The summed E-state index contributed by atoms with van der Waals surface area (Å²) in [6.07, 6.45) is 3.37. The van der Waals surface area contributed by atoms with E-state index in [0.29, 0.717) is 5.02 Å². The van der Waals surface area contributed by atoms with Crippen LogP contribution in [0.25, 0.3) is 16.5 Å². The van der Waals surface area contributed by atoms with Gasteiger partial charge in [0.05, 0.1) is 0 Å². The minimum absolute atomic E-state index is 0.171. The summed E-state index contributed by atoms with van der Waals surface area (Å²) in [4.78, 5) is 14.3. The second-order valence-electron chi connectivity index (χ2n) is 5.35. The van der Waals surface area contributed by atoms with Crippen molar-refractivity contribution in [2.75, 3.05) is 5.32 Å². The van der Waals surface area contributed by atoms with Crippen LogP contribution in [-0.2, 0) is 4.79 Å². The Morgan fingerprint density at radius 2 is 1.88 bits per heavy atom. The molecule has 2 nitrogen and oxygen atoms in total. The summed E-state index contributed by atoms with van der Waals surface area (Å²) in [7, 11) is 0. The zero-order valence-corrected chi connectivity index (χ0v) is 14.7. The van der Waals surface area contributed by atoms with E-state index >= 15 is 0 Å². The molecule has 0 aliphatic rings. The van der Waals surface area contributed by atoms with Gasteiger partial charge in [-0.25, -0.2) is 0 Å². The summed E-state index contributed by atoms with van der Waals surface area (Å²) in [5.41, 5.74) is 2.89. The average molecular weight is 354 g/mol. The molecule has 120 valence electrons. The van der Waals surface area contributed by atoms with E-state index in [1.165, 1.54) is 10.4 Å². The second-order valence-corrected chi connectivity index (χ2v) is 6.90. The van der Waals surface area contributed by atoms with Crippen LogP contribution < -0.4 is 5.32 Å². The number of hydrogen-bond acceptors (Lipinski definition) is 2. The number of rotatable bonds is 4. The van der Waals surface area contributed by atoms with Gasteiger partial charge in [0.25, 0.3) is 0 Å². The lowest BCUT2D eigenvalue weighted by Crippen LogP contribution is -2.08. The van der Waals surface area contributed by atoms with E-state index in [1.54, 1.807) is 29.5 Å². The number of amides is 1. The Labute approximate surface area is 150 Å². The van der Waals surface area contributed by atoms with Crippen LogP contribution in [0.2, 0.25) is 5.02 Å². The van der Waals surface area contributed by atoms with Crippen molar-refractivity contribution in [3.8, 4) is 10.4 Å². The third kappa shape index (κ3) is 4.13. The van der Waals surface area contributed by atoms with Gasteiger partial charge in [0.1, 0.15) is 0 Å². The van der Waals surface area contributed by atoms with Gasteiger partial charge in [-0.05, 0) is 48.4 Å². The predicted molar refractivity (Wildman–Crippen MR) is 104 cm³/mol. The molecule has 0 aliphatic heterocycles. The molecule has 1 amide bonds. The predicted octanol–water partition coefficient (Wildman–Crippen LogP) is 6.03. The zero-order valence-electron chi connectivity index (χ0n) is 13.1. The first-order valence-electron chi connectivity index (χ1n) is 7.52. The molecule has 2 aromatic carbocycles. The minimum Gasteiger partial charge on any atom is -0.322 e. The molecule has 0 saturated heterocycles. The number of nitrogens with one attached hydrogen (secondary N) is 1. The van der Waals surface area contributed by atoms with Gasteiger partial charge in [0, 0.05) is 26.5 Å². The number of benzene rings is 2. The number of carbonyl (C=O) groups is 1. The Hall–Kier alpha value is -2.36. The SMILES string of the molecule is Cc1ccc(Cl)cc1NC(=O)/C=C/c1ccc(-c2ccccc2)s1. The summed E-state index contributed by atoms with van der Waals surface area (Å²) in [5.74, 6) is -0.171.